The summed E-state index contributed by atoms with van der Waals surface area (Å²) in [4.78, 5) is 11.3. The molecule has 0 saturated carbocycles. The summed E-state index contributed by atoms with van der Waals surface area (Å²) in [5.41, 5.74) is 5.66. The van der Waals surface area contributed by atoms with Crippen molar-refractivity contribution in [2.24, 2.45) is 5.92 Å². The fourth-order valence-corrected chi connectivity index (χ4v) is 1.12. The number of hydrogen-bond donors (Lipinski definition) is 2. The quantitative estimate of drug-likeness (QED) is 0.345. The average molecular weight is 209 g/mol. The summed E-state index contributed by atoms with van der Waals surface area (Å²) in [5.74, 6) is -0.221. The van der Waals surface area contributed by atoms with Gasteiger partial charge in [0.2, 0.25) is 0 Å². The van der Waals surface area contributed by atoms with Crippen LogP contribution < -0.4 is 10.5 Å². The molecule has 1 aromatic rings. The molecule has 0 saturated heterocycles. The number of rotatable bonds is 3. The number of hydrogen-bond acceptors (Lipinski definition) is 4. The molecule has 1 rings (SSSR count). The predicted molar refractivity (Wildman–Crippen MR) is 57.6 cm³/mol. The number of phenols is 1. The van der Waals surface area contributed by atoms with Crippen LogP contribution in [0.1, 0.15) is 20.3 Å². The van der Waals surface area contributed by atoms with Crippen molar-refractivity contribution in [1.82, 2.24) is 0 Å². The van der Waals surface area contributed by atoms with Crippen molar-refractivity contribution < 1.29 is 14.6 Å². The van der Waals surface area contributed by atoms with E-state index in [1.54, 1.807) is 6.07 Å². The van der Waals surface area contributed by atoms with E-state index < -0.39 is 0 Å². The summed E-state index contributed by atoms with van der Waals surface area (Å²) in [6, 6.07) is 4.66. The molecule has 1 aromatic carbocycles. The lowest BCUT2D eigenvalue weighted by Gasteiger charge is -2.08. The van der Waals surface area contributed by atoms with Gasteiger partial charge in [0.05, 0.1) is 5.69 Å². The van der Waals surface area contributed by atoms with Crippen LogP contribution in [0.3, 0.4) is 0 Å². The Morgan fingerprint density at radius 1 is 1.53 bits per heavy atom. The smallest absolute Gasteiger partial charge is 0.311 e. The molecule has 0 amide bonds. The maximum Gasteiger partial charge on any atom is 0.311 e. The zero-order chi connectivity index (χ0) is 11.4. The van der Waals surface area contributed by atoms with E-state index in [1.807, 2.05) is 13.8 Å². The number of carbonyl (C=O) groups excluding carboxylic acids is 1. The van der Waals surface area contributed by atoms with Crippen molar-refractivity contribution in [2.75, 3.05) is 5.73 Å². The molecule has 0 bridgehead atoms. The Bertz CT molecular complexity index is 361. The van der Waals surface area contributed by atoms with Gasteiger partial charge in [-0.2, -0.15) is 0 Å². The highest BCUT2D eigenvalue weighted by molar-refractivity contribution is 5.74. The summed E-state index contributed by atoms with van der Waals surface area (Å²) in [6.45, 7) is 3.83. The van der Waals surface area contributed by atoms with Gasteiger partial charge in [-0.15, -0.1) is 0 Å². The third-order valence-electron chi connectivity index (χ3n) is 1.83. The minimum absolute atomic E-state index is 0.112. The zero-order valence-corrected chi connectivity index (χ0v) is 8.86. The highest BCUT2D eigenvalue weighted by atomic mass is 16.5. The largest absolute Gasteiger partial charge is 0.503 e. The third kappa shape index (κ3) is 3.16. The molecule has 0 fully saturated rings. The lowest BCUT2D eigenvalue weighted by molar-refractivity contribution is -0.135. The van der Waals surface area contributed by atoms with Crippen molar-refractivity contribution in [3.63, 3.8) is 0 Å². The number of anilines is 1. The van der Waals surface area contributed by atoms with E-state index in [1.165, 1.54) is 12.1 Å². The first kappa shape index (κ1) is 11.4. The molecular formula is C11H15NO3. The molecule has 0 aliphatic rings. The topological polar surface area (TPSA) is 72.5 Å². The average Bonchev–Trinajstić information content (AvgIpc) is 2.11. The molecule has 15 heavy (non-hydrogen) atoms. The Labute approximate surface area is 88.7 Å². The maximum absolute atomic E-state index is 11.3. The van der Waals surface area contributed by atoms with Crippen LogP contribution in [0, 0.1) is 5.92 Å². The molecule has 3 N–H and O–H groups in total. The van der Waals surface area contributed by atoms with Gasteiger partial charge in [-0.25, -0.2) is 0 Å². The molecule has 0 unspecified atom stereocenters. The number of carbonyl (C=O) groups is 1. The van der Waals surface area contributed by atoms with E-state index >= 15 is 0 Å². The van der Waals surface area contributed by atoms with Gasteiger partial charge in [-0.3, -0.25) is 4.79 Å². The predicted octanol–water partition coefficient (Wildman–Crippen LogP) is 1.93. The Morgan fingerprint density at radius 3 is 2.80 bits per heavy atom. The molecule has 0 spiro atoms. The van der Waals surface area contributed by atoms with Gasteiger partial charge in [0, 0.05) is 6.42 Å². The summed E-state index contributed by atoms with van der Waals surface area (Å²) in [5, 5.41) is 9.48. The van der Waals surface area contributed by atoms with E-state index in [9.17, 15) is 9.90 Å². The first-order valence-electron chi connectivity index (χ1n) is 4.79. The Balaban J connectivity index is 2.73. The van der Waals surface area contributed by atoms with Gasteiger partial charge in [0.15, 0.2) is 11.5 Å². The molecule has 4 heteroatoms. The number of ether oxygens (including phenoxy) is 1. The molecule has 4 nitrogen and oxygen atoms in total. The summed E-state index contributed by atoms with van der Waals surface area (Å²) in [6.07, 6.45) is 0.314. The first-order valence-corrected chi connectivity index (χ1v) is 4.79. The minimum atomic E-state index is -0.370. The number of esters is 1. The van der Waals surface area contributed by atoms with Crippen LogP contribution in [0.2, 0.25) is 0 Å². The van der Waals surface area contributed by atoms with Crippen LogP contribution in [0.5, 0.6) is 11.5 Å². The van der Waals surface area contributed by atoms with Crippen LogP contribution in [-0.2, 0) is 4.79 Å². The highest BCUT2D eigenvalue weighted by Gasteiger charge is 2.11. The Hall–Kier alpha value is -1.71. The van der Waals surface area contributed by atoms with Crippen molar-refractivity contribution in [2.45, 2.75) is 20.3 Å². The van der Waals surface area contributed by atoms with Crippen molar-refractivity contribution in [1.29, 1.82) is 0 Å². The molecule has 0 atom stereocenters. The molecule has 0 aliphatic carbocycles. The monoisotopic (exact) mass is 209 g/mol. The maximum atomic E-state index is 11.3. The van der Waals surface area contributed by atoms with Crippen LogP contribution in [0.4, 0.5) is 5.69 Å². The minimum Gasteiger partial charge on any atom is -0.503 e. The van der Waals surface area contributed by atoms with Crippen LogP contribution in [0.15, 0.2) is 18.2 Å². The summed E-state index contributed by atoms with van der Waals surface area (Å²) >= 11 is 0. The second-order valence-corrected chi connectivity index (χ2v) is 3.77. The van der Waals surface area contributed by atoms with Gasteiger partial charge in [0.25, 0.3) is 0 Å². The van der Waals surface area contributed by atoms with E-state index in [0.717, 1.165) is 0 Å². The van der Waals surface area contributed by atoms with Crippen LogP contribution >= 0.6 is 0 Å². The molecular weight excluding hydrogens is 194 g/mol. The zero-order valence-electron chi connectivity index (χ0n) is 8.86. The number of phenolic OH excluding ortho intramolecular Hbond substituents is 1. The fraction of sp³-hybridized carbons (Fsp3) is 0.364. The van der Waals surface area contributed by atoms with Gasteiger partial charge in [-0.05, 0) is 18.1 Å². The Morgan fingerprint density at radius 2 is 2.20 bits per heavy atom. The SMILES string of the molecule is CC(C)CC(=O)Oc1cccc(N)c1O. The highest BCUT2D eigenvalue weighted by Crippen LogP contribution is 2.31. The van der Waals surface area contributed by atoms with Gasteiger partial charge < -0.3 is 15.6 Å². The Kier molecular flexibility index (Phi) is 3.55. The number of nitrogens with two attached hydrogens (primary N) is 1. The molecule has 0 aliphatic heterocycles. The lowest BCUT2D eigenvalue weighted by Crippen LogP contribution is -2.11. The van der Waals surface area contributed by atoms with Crippen molar-refractivity contribution in [3.05, 3.63) is 18.2 Å². The summed E-state index contributed by atoms with van der Waals surface area (Å²) in [7, 11) is 0. The van der Waals surface area contributed by atoms with Gasteiger partial charge in [0.1, 0.15) is 0 Å². The molecule has 82 valence electrons. The number of para-hydroxylation sites is 1. The van der Waals surface area contributed by atoms with Gasteiger partial charge in [-0.1, -0.05) is 19.9 Å². The van der Waals surface area contributed by atoms with Crippen LogP contribution in [-0.4, -0.2) is 11.1 Å². The van der Waals surface area contributed by atoms with E-state index in [-0.39, 0.29) is 29.1 Å². The number of benzene rings is 1. The standard InChI is InChI=1S/C11H15NO3/c1-7(2)6-10(13)15-9-5-3-4-8(12)11(9)14/h3-5,7,14H,6,12H2,1-2H3. The van der Waals surface area contributed by atoms with E-state index in [4.69, 9.17) is 10.5 Å². The second kappa shape index (κ2) is 4.68. The first-order chi connectivity index (χ1) is 7.00. The third-order valence-corrected chi connectivity index (χ3v) is 1.83. The molecule has 0 heterocycles. The number of nitrogen functional groups attached to an aromatic ring is 1. The second-order valence-electron chi connectivity index (χ2n) is 3.77. The lowest BCUT2D eigenvalue weighted by atomic mass is 10.1. The van der Waals surface area contributed by atoms with Gasteiger partial charge >= 0.3 is 5.97 Å². The summed E-state index contributed by atoms with van der Waals surface area (Å²) < 4.78 is 4.97. The number of aromatic hydroxyl groups is 1. The normalized spacial score (nSPS) is 10.3. The molecule has 0 aromatic heterocycles. The fourth-order valence-electron chi connectivity index (χ4n) is 1.12. The van der Waals surface area contributed by atoms with E-state index in [2.05, 4.69) is 0 Å². The van der Waals surface area contributed by atoms with E-state index in [0.29, 0.717) is 6.42 Å². The van der Waals surface area contributed by atoms with Crippen LogP contribution in [0.25, 0.3) is 0 Å². The molecule has 0 radical (unpaired) electrons. The van der Waals surface area contributed by atoms with Crippen molar-refractivity contribution in [3.8, 4) is 11.5 Å². The van der Waals surface area contributed by atoms with Crippen molar-refractivity contribution >= 4 is 11.7 Å².